The summed E-state index contributed by atoms with van der Waals surface area (Å²) >= 11 is 5.69. The van der Waals surface area contributed by atoms with E-state index in [2.05, 4.69) is 10.3 Å². The first-order chi connectivity index (χ1) is 5.33. The van der Waals surface area contributed by atoms with Crippen LogP contribution in [0.4, 0.5) is 5.69 Å². The first-order valence-electron chi connectivity index (χ1n) is 3.37. The van der Waals surface area contributed by atoms with Crippen LogP contribution in [0, 0.1) is 0 Å². The summed E-state index contributed by atoms with van der Waals surface area (Å²) in [6.45, 7) is 1.34. The van der Waals surface area contributed by atoms with Crippen molar-refractivity contribution in [1.82, 2.24) is 4.98 Å². The summed E-state index contributed by atoms with van der Waals surface area (Å²) < 4.78 is 0. The third-order valence-electron chi connectivity index (χ3n) is 1.18. The Balaban J connectivity index is 2.56. The fraction of sp³-hybridized carbons (Fsp3) is 0.286. The lowest BCUT2D eigenvalue weighted by atomic mass is 10.4. The maximum Gasteiger partial charge on any atom is 0.0609 e. The number of anilines is 1. The fourth-order valence-corrected chi connectivity index (χ4v) is 0.899. The van der Waals surface area contributed by atoms with E-state index in [-0.39, 0.29) is 0 Å². The molecule has 3 nitrogen and oxygen atoms in total. The predicted octanol–water partition coefficient (Wildman–Crippen LogP) is 1.11. The maximum atomic E-state index is 5.69. The molecule has 0 radical (unpaired) electrons. The fourth-order valence-electron chi connectivity index (χ4n) is 0.725. The summed E-state index contributed by atoms with van der Waals surface area (Å²) in [5.41, 5.74) is 6.20. The molecule has 0 spiro atoms. The van der Waals surface area contributed by atoms with Gasteiger partial charge in [0.15, 0.2) is 0 Å². The van der Waals surface area contributed by atoms with Gasteiger partial charge in [-0.15, -0.1) is 0 Å². The number of nitrogens with zero attached hydrogens (tertiary/aromatic N) is 1. The average molecular weight is 172 g/mol. The monoisotopic (exact) mass is 171 g/mol. The summed E-state index contributed by atoms with van der Waals surface area (Å²) in [6, 6.07) is 1.81. The van der Waals surface area contributed by atoms with Gasteiger partial charge in [0.05, 0.1) is 16.9 Å². The van der Waals surface area contributed by atoms with Gasteiger partial charge >= 0.3 is 0 Å². The molecule has 0 unspecified atom stereocenters. The molecule has 4 heteroatoms. The van der Waals surface area contributed by atoms with E-state index in [1.54, 1.807) is 12.4 Å². The third kappa shape index (κ3) is 2.74. The minimum absolute atomic E-state index is 0.604. The number of halogens is 1. The minimum Gasteiger partial charge on any atom is -0.382 e. The van der Waals surface area contributed by atoms with Crippen molar-refractivity contribution in [3.05, 3.63) is 23.5 Å². The molecule has 1 rings (SSSR count). The van der Waals surface area contributed by atoms with E-state index in [4.69, 9.17) is 17.3 Å². The quantitative estimate of drug-likeness (QED) is 0.717. The van der Waals surface area contributed by atoms with Crippen LogP contribution in [0.2, 0.25) is 5.02 Å². The zero-order chi connectivity index (χ0) is 8.10. The molecule has 1 aromatic rings. The zero-order valence-electron chi connectivity index (χ0n) is 6.05. The Labute approximate surface area is 70.6 Å². The van der Waals surface area contributed by atoms with Gasteiger partial charge in [0.25, 0.3) is 0 Å². The van der Waals surface area contributed by atoms with Crippen LogP contribution in [0.5, 0.6) is 0 Å². The number of nitrogens with two attached hydrogens (primary N) is 1. The van der Waals surface area contributed by atoms with Gasteiger partial charge in [-0.3, -0.25) is 4.98 Å². The Morgan fingerprint density at radius 2 is 2.36 bits per heavy atom. The highest BCUT2D eigenvalue weighted by molar-refractivity contribution is 6.30. The molecule has 0 aliphatic carbocycles. The van der Waals surface area contributed by atoms with Crippen molar-refractivity contribution in [2.75, 3.05) is 18.4 Å². The van der Waals surface area contributed by atoms with Gasteiger partial charge in [0.1, 0.15) is 0 Å². The Hall–Kier alpha value is -0.800. The van der Waals surface area contributed by atoms with Crippen LogP contribution in [-0.2, 0) is 0 Å². The van der Waals surface area contributed by atoms with Crippen molar-refractivity contribution in [2.45, 2.75) is 0 Å². The zero-order valence-corrected chi connectivity index (χ0v) is 6.80. The molecule has 0 saturated heterocycles. The Bertz CT molecular complexity index is 227. The van der Waals surface area contributed by atoms with Gasteiger partial charge in [0, 0.05) is 19.3 Å². The van der Waals surface area contributed by atoms with Crippen molar-refractivity contribution in [1.29, 1.82) is 0 Å². The second-order valence-electron chi connectivity index (χ2n) is 2.11. The minimum atomic E-state index is 0.604. The van der Waals surface area contributed by atoms with Crippen LogP contribution in [-0.4, -0.2) is 18.1 Å². The smallest absolute Gasteiger partial charge is 0.0609 e. The lowest BCUT2D eigenvalue weighted by molar-refractivity contribution is 1.02. The first-order valence-corrected chi connectivity index (χ1v) is 3.75. The highest BCUT2D eigenvalue weighted by atomic mass is 35.5. The number of aromatic nitrogens is 1. The Kier molecular flexibility index (Phi) is 3.14. The number of nitrogens with one attached hydrogen (secondary N) is 1. The molecule has 0 atom stereocenters. The molecule has 1 heterocycles. The van der Waals surface area contributed by atoms with E-state index in [0.717, 1.165) is 12.2 Å². The van der Waals surface area contributed by atoms with Gasteiger partial charge in [-0.25, -0.2) is 0 Å². The highest BCUT2D eigenvalue weighted by Gasteiger charge is 1.91. The molecule has 0 fully saturated rings. The standard InChI is InChI=1S/C7H10ClN3/c8-6-3-7(5-10-4-6)11-2-1-9/h3-5,11H,1-2,9H2. The highest BCUT2D eigenvalue weighted by Crippen LogP contribution is 2.11. The van der Waals surface area contributed by atoms with Crippen LogP contribution < -0.4 is 11.1 Å². The van der Waals surface area contributed by atoms with Crippen molar-refractivity contribution < 1.29 is 0 Å². The molecule has 60 valence electrons. The number of hydrogen-bond donors (Lipinski definition) is 2. The summed E-state index contributed by atoms with van der Waals surface area (Å²) in [7, 11) is 0. The molecule has 1 aromatic heterocycles. The molecule has 3 N–H and O–H groups in total. The van der Waals surface area contributed by atoms with Crippen LogP contribution in [0.15, 0.2) is 18.5 Å². The van der Waals surface area contributed by atoms with Gasteiger partial charge in [0.2, 0.25) is 0 Å². The molecule has 11 heavy (non-hydrogen) atoms. The topological polar surface area (TPSA) is 50.9 Å². The normalized spacial score (nSPS) is 9.64. The van der Waals surface area contributed by atoms with E-state index in [0.29, 0.717) is 11.6 Å². The van der Waals surface area contributed by atoms with Gasteiger partial charge < -0.3 is 11.1 Å². The van der Waals surface area contributed by atoms with E-state index in [1.807, 2.05) is 6.07 Å². The number of rotatable bonds is 3. The van der Waals surface area contributed by atoms with Crippen LogP contribution in [0.25, 0.3) is 0 Å². The van der Waals surface area contributed by atoms with Gasteiger partial charge in [-0.05, 0) is 6.07 Å². The van der Waals surface area contributed by atoms with Crippen molar-refractivity contribution in [3.63, 3.8) is 0 Å². The molecule has 0 aromatic carbocycles. The largest absolute Gasteiger partial charge is 0.382 e. The molecule has 0 bridgehead atoms. The number of pyridine rings is 1. The third-order valence-corrected chi connectivity index (χ3v) is 1.39. The predicted molar refractivity (Wildman–Crippen MR) is 46.8 cm³/mol. The molecular weight excluding hydrogens is 162 g/mol. The lowest BCUT2D eigenvalue weighted by Gasteiger charge is -2.02. The second-order valence-corrected chi connectivity index (χ2v) is 2.54. The Morgan fingerprint density at radius 3 is 3.00 bits per heavy atom. The molecule has 0 amide bonds. The van der Waals surface area contributed by atoms with E-state index >= 15 is 0 Å². The summed E-state index contributed by atoms with van der Waals surface area (Å²) in [5, 5.41) is 3.69. The molecular formula is C7H10ClN3. The van der Waals surface area contributed by atoms with Gasteiger partial charge in [-0.2, -0.15) is 0 Å². The average Bonchev–Trinajstić information content (AvgIpc) is 2.01. The van der Waals surface area contributed by atoms with E-state index in [1.165, 1.54) is 0 Å². The van der Waals surface area contributed by atoms with E-state index < -0.39 is 0 Å². The first kappa shape index (κ1) is 8.30. The molecule has 0 aliphatic rings. The molecule has 0 saturated carbocycles. The molecule has 0 aliphatic heterocycles. The van der Waals surface area contributed by atoms with Crippen molar-refractivity contribution in [3.8, 4) is 0 Å². The summed E-state index contributed by atoms with van der Waals surface area (Å²) in [6.07, 6.45) is 3.30. The van der Waals surface area contributed by atoms with Gasteiger partial charge in [-0.1, -0.05) is 11.6 Å². The summed E-state index contributed by atoms with van der Waals surface area (Å²) in [4.78, 5) is 3.90. The lowest BCUT2D eigenvalue weighted by Crippen LogP contribution is -2.13. The number of hydrogen-bond acceptors (Lipinski definition) is 3. The maximum absolute atomic E-state index is 5.69. The SMILES string of the molecule is NCCNc1cncc(Cl)c1. The second kappa shape index (κ2) is 4.16. The van der Waals surface area contributed by atoms with Crippen LogP contribution in [0.1, 0.15) is 0 Å². The van der Waals surface area contributed by atoms with Crippen molar-refractivity contribution >= 4 is 17.3 Å². The van der Waals surface area contributed by atoms with Crippen LogP contribution in [0.3, 0.4) is 0 Å². The summed E-state index contributed by atoms with van der Waals surface area (Å²) in [5.74, 6) is 0. The van der Waals surface area contributed by atoms with Crippen molar-refractivity contribution in [2.24, 2.45) is 5.73 Å². The van der Waals surface area contributed by atoms with Crippen LogP contribution >= 0.6 is 11.6 Å². The van der Waals surface area contributed by atoms with E-state index in [9.17, 15) is 0 Å². The Morgan fingerprint density at radius 1 is 1.55 bits per heavy atom.